The molecule has 0 saturated heterocycles. The van der Waals surface area contributed by atoms with Gasteiger partial charge in [0.15, 0.2) is 0 Å². The molecule has 3 heteroatoms. The molecule has 0 unspecified atom stereocenters. The maximum absolute atomic E-state index is 10.2. The van der Waals surface area contributed by atoms with E-state index in [1.165, 1.54) is 0 Å². The van der Waals surface area contributed by atoms with Crippen molar-refractivity contribution in [1.29, 1.82) is 0 Å². The zero-order valence-corrected chi connectivity index (χ0v) is 7.10. The van der Waals surface area contributed by atoms with Crippen molar-refractivity contribution in [3.8, 4) is 0 Å². The Balaban J connectivity index is 2.38. The van der Waals surface area contributed by atoms with Gasteiger partial charge in [0.25, 0.3) is 0 Å². The van der Waals surface area contributed by atoms with E-state index in [-0.39, 0.29) is 0 Å². The van der Waals surface area contributed by atoms with E-state index >= 15 is 0 Å². The van der Waals surface area contributed by atoms with Crippen molar-refractivity contribution in [1.82, 2.24) is 9.88 Å². The number of carbonyl (C=O) groups excluding carboxylic acids is 1. The molecular formula is C9H12N2O. The van der Waals surface area contributed by atoms with Gasteiger partial charge in [-0.25, -0.2) is 0 Å². The van der Waals surface area contributed by atoms with Crippen LogP contribution in [0.4, 0.5) is 0 Å². The molecule has 0 aliphatic rings. The normalized spacial score (nSPS) is 9.42. The van der Waals surface area contributed by atoms with E-state index < -0.39 is 0 Å². The van der Waals surface area contributed by atoms with Crippen LogP contribution in [0.15, 0.2) is 24.4 Å². The first kappa shape index (κ1) is 8.71. The third kappa shape index (κ3) is 2.70. The van der Waals surface area contributed by atoms with Gasteiger partial charge in [-0.3, -0.25) is 9.78 Å². The lowest BCUT2D eigenvalue weighted by Crippen LogP contribution is -2.19. The summed E-state index contributed by atoms with van der Waals surface area (Å²) < 4.78 is 0. The van der Waals surface area contributed by atoms with Crippen molar-refractivity contribution in [3.05, 3.63) is 30.1 Å². The molecule has 12 heavy (non-hydrogen) atoms. The molecule has 0 radical (unpaired) electrons. The quantitative estimate of drug-likeness (QED) is 0.614. The van der Waals surface area contributed by atoms with Crippen molar-refractivity contribution in [3.63, 3.8) is 0 Å². The van der Waals surface area contributed by atoms with Gasteiger partial charge in [-0.1, -0.05) is 6.07 Å². The topological polar surface area (TPSA) is 33.2 Å². The summed E-state index contributed by atoms with van der Waals surface area (Å²) in [7, 11) is 1.76. The number of aromatic nitrogens is 1. The molecule has 0 spiro atoms. The predicted molar refractivity (Wildman–Crippen MR) is 46.6 cm³/mol. The second-order valence-corrected chi connectivity index (χ2v) is 2.66. The molecule has 0 aromatic carbocycles. The van der Waals surface area contributed by atoms with E-state index in [0.717, 1.165) is 25.1 Å². The van der Waals surface area contributed by atoms with E-state index in [1.54, 1.807) is 18.1 Å². The second kappa shape index (κ2) is 4.49. The van der Waals surface area contributed by atoms with Crippen LogP contribution in [0.2, 0.25) is 0 Å². The Hall–Kier alpha value is -1.38. The average molecular weight is 164 g/mol. The van der Waals surface area contributed by atoms with Crippen LogP contribution in [0.1, 0.15) is 5.69 Å². The lowest BCUT2D eigenvalue weighted by Gasteiger charge is -2.08. The Morgan fingerprint density at radius 2 is 2.42 bits per heavy atom. The highest BCUT2D eigenvalue weighted by Crippen LogP contribution is 1.94. The van der Waals surface area contributed by atoms with Crippen molar-refractivity contribution in [2.45, 2.75) is 6.42 Å². The summed E-state index contributed by atoms with van der Waals surface area (Å²) in [6.45, 7) is 0.723. The molecule has 0 saturated carbocycles. The van der Waals surface area contributed by atoms with Crippen LogP contribution in [0.5, 0.6) is 0 Å². The van der Waals surface area contributed by atoms with Crippen LogP contribution in [0.3, 0.4) is 0 Å². The molecule has 64 valence electrons. The summed E-state index contributed by atoms with van der Waals surface area (Å²) in [5.41, 5.74) is 1.02. The molecule has 1 amide bonds. The number of pyridine rings is 1. The molecule has 1 aromatic heterocycles. The Kier molecular flexibility index (Phi) is 3.26. The minimum absolute atomic E-state index is 0.723. The fourth-order valence-electron chi connectivity index (χ4n) is 0.890. The number of amides is 1. The number of rotatable bonds is 4. The zero-order valence-electron chi connectivity index (χ0n) is 7.10. The van der Waals surface area contributed by atoms with Crippen LogP contribution < -0.4 is 0 Å². The third-order valence-corrected chi connectivity index (χ3v) is 1.63. The first-order valence-electron chi connectivity index (χ1n) is 3.88. The first-order chi connectivity index (χ1) is 5.83. The monoisotopic (exact) mass is 164 g/mol. The molecule has 0 aliphatic heterocycles. The lowest BCUT2D eigenvalue weighted by molar-refractivity contribution is -0.116. The maximum atomic E-state index is 10.2. The van der Waals surface area contributed by atoms with Gasteiger partial charge < -0.3 is 4.90 Å². The summed E-state index contributed by atoms with van der Waals surface area (Å²) in [4.78, 5) is 16.0. The van der Waals surface area contributed by atoms with Crippen molar-refractivity contribution in [2.75, 3.05) is 13.6 Å². The summed E-state index contributed by atoms with van der Waals surface area (Å²) in [6.07, 6.45) is 3.40. The minimum Gasteiger partial charge on any atom is -0.348 e. The van der Waals surface area contributed by atoms with Gasteiger partial charge in [-0.2, -0.15) is 0 Å². The highest BCUT2D eigenvalue weighted by atomic mass is 16.1. The van der Waals surface area contributed by atoms with Gasteiger partial charge in [0.2, 0.25) is 6.41 Å². The minimum atomic E-state index is 0.723. The fourth-order valence-corrected chi connectivity index (χ4v) is 0.890. The highest BCUT2D eigenvalue weighted by molar-refractivity contribution is 5.46. The average Bonchev–Trinajstić information content (AvgIpc) is 2.16. The van der Waals surface area contributed by atoms with Crippen molar-refractivity contribution in [2.24, 2.45) is 0 Å². The van der Waals surface area contributed by atoms with E-state index in [2.05, 4.69) is 4.98 Å². The number of hydrogen-bond acceptors (Lipinski definition) is 2. The van der Waals surface area contributed by atoms with Gasteiger partial charge in [-0.05, 0) is 12.1 Å². The summed E-state index contributed by atoms with van der Waals surface area (Å²) >= 11 is 0. The molecule has 3 nitrogen and oxygen atoms in total. The fraction of sp³-hybridized carbons (Fsp3) is 0.333. The van der Waals surface area contributed by atoms with Gasteiger partial charge in [0.1, 0.15) is 0 Å². The molecule has 0 bridgehead atoms. The van der Waals surface area contributed by atoms with Gasteiger partial charge in [0, 0.05) is 31.9 Å². The Morgan fingerprint density at radius 3 is 3.00 bits per heavy atom. The van der Waals surface area contributed by atoms with Crippen molar-refractivity contribution < 1.29 is 4.79 Å². The van der Waals surface area contributed by atoms with Gasteiger partial charge in [0.05, 0.1) is 0 Å². The van der Waals surface area contributed by atoms with Crippen LogP contribution in [-0.2, 0) is 11.2 Å². The predicted octanol–water partition coefficient (Wildman–Crippen LogP) is 0.712. The smallest absolute Gasteiger partial charge is 0.209 e. The van der Waals surface area contributed by atoms with E-state index in [0.29, 0.717) is 0 Å². The lowest BCUT2D eigenvalue weighted by atomic mass is 10.3. The van der Waals surface area contributed by atoms with Gasteiger partial charge >= 0.3 is 0 Å². The van der Waals surface area contributed by atoms with Crippen LogP contribution >= 0.6 is 0 Å². The molecule has 1 aromatic rings. The third-order valence-electron chi connectivity index (χ3n) is 1.63. The molecule has 0 aliphatic carbocycles. The molecule has 1 rings (SSSR count). The molecular weight excluding hydrogens is 152 g/mol. The Morgan fingerprint density at radius 1 is 1.58 bits per heavy atom. The summed E-state index contributed by atoms with van der Waals surface area (Å²) in [5, 5.41) is 0. The Labute approximate surface area is 72.0 Å². The second-order valence-electron chi connectivity index (χ2n) is 2.66. The van der Waals surface area contributed by atoms with Crippen LogP contribution in [0.25, 0.3) is 0 Å². The van der Waals surface area contributed by atoms with E-state index in [9.17, 15) is 4.79 Å². The zero-order chi connectivity index (χ0) is 8.81. The van der Waals surface area contributed by atoms with Crippen LogP contribution in [0, 0.1) is 0 Å². The van der Waals surface area contributed by atoms with Gasteiger partial charge in [-0.15, -0.1) is 0 Å². The van der Waals surface area contributed by atoms with Crippen LogP contribution in [-0.4, -0.2) is 29.9 Å². The molecule has 1 heterocycles. The summed E-state index contributed by atoms with van der Waals surface area (Å²) in [5.74, 6) is 0. The maximum Gasteiger partial charge on any atom is 0.209 e. The van der Waals surface area contributed by atoms with Crippen molar-refractivity contribution >= 4 is 6.41 Å². The number of hydrogen-bond donors (Lipinski definition) is 0. The number of likely N-dealkylation sites (N-methyl/N-ethyl adjacent to an activating group) is 1. The molecule has 0 atom stereocenters. The molecule has 0 fully saturated rings. The highest BCUT2D eigenvalue weighted by Gasteiger charge is 1.95. The number of nitrogens with zero attached hydrogens (tertiary/aromatic N) is 2. The standard InChI is InChI=1S/C9H12N2O/c1-11(8-12)7-5-9-4-2-3-6-10-9/h2-4,6,8H,5,7H2,1H3. The Bertz CT molecular complexity index is 236. The summed E-state index contributed by atoms with van der Waals surface area (Å²) in [6, 6.07) is 5.79. The first-order valence-corrected chi connectivity index (χ1v) is 3.88. The largest absolute Gasteiger partial charge is 0.348 e. The van der Waals surface area contributed by atoms with E-state index in [4.69, 9.17) is 0 Å². The molecule has 0 N–H and O–H groups in total. The van der Waals surface area contributed by atoms with E-state index in [1.807, 2.05) is 18.2 Å². The SMILES string of the molecule is CN(C=O)CCc1ccccn1. The number of carbonyl (C=O) groups is 1.